The van der Waals surface area contributed by atoms with Crippen LogP contribution in [0.5, 0.6) is 0 Å². The van der Waals surface area contributed by atoms with E-state index in [0.29, 0.717) is 17.7 Å². The van der Waals surface area contributed by atoms with Crippen molar-refractivity contribution in [3.8, 4) is 0 Å². The number of anilines is 3. The average molecular weight is 452 g/mol. The number of thiophene rings is 1. The Bertz CT molecular complexity index is 1100. The Labute approximate surface area is 192 Å². The molecule has 1 saturated heterocycles. The van der Waals surface area contributed by atoms with Crippen molar-refractivity contribution in [3.05, 3.63) is 35.0 Å². The minimum Gasteiger partial charge on any atom is -0.368 e. The lowest BCUT2D eigenvalue weighted by atomic mass is 9.96. The van der Waals surface area contributed by atoms with Gasteiger partial charge >= 0.3 is 0 Å². The molecule has 3 aromatic rings. The molecule has 1 saturated carbocycles. The average Bonchev–Trinajstić information content (AvgIpc) is 3.47. The number of aromatic nitrogens is 3. The summed E-state index contributed by atoms with van der Waals surface area (Å²) in [5.74, 6) is 1.67. The fourth-order valence-corrected chi connectivity index (χ4v) is 5.83. The summed E-state index contributed by atoms with van der Waals surface area (Å²) in [4.78, 5) is 31.6. The number of hydrogen-bond acceptors (Lipinski definition) is 8. The molecule has 8 nitrogen and oxygen atoms in total. The second kappa shape index (κ2) is 8.99. The fourth-order valence-electron chi connectivity index (χ4n) is 4.61. The van der Waals surface area contributed by atoms with Gasteiger partial charge < -0.3 is 20.4 Å². The Morgan fingerprint density at radius 1 is 1.16 bits per heavy atom. The van der Waals surface area contributed by atoms with Crippen molar-refractivity contribution < 1.29 is 4.79 Å². The highest BCUT2D eigenvalue weighted by atomic mass is 32.1. The Morgan fingerprint density at radius 3 is 2.62 bits per heavy atom. The topological polar surface area (TPSA) is 86.3 Å². The Morgan fingerprint density at radius 2 is 1.94 bits per heavy atom. The van der Waals surface area contributed by atoms with Gasteiger partial charge in [0.15, 0.2) is 0 Å². The highest BCUT2D eigenvalue weighted by Crippen LogP contribution is 2.43. The first-order valence-corrected chi connectivity index (χ1v) is 12.1. The molecular formula is C23H29N7OS. The number of carbonyl (C=O) groups excluding carboxylic acids is 1. The molecule has 1 aliphatic carbocycles. The molecule has 2 aliphatic rings. The quantitative estimate of drug-likeness (QED) is 0.613. The maximum absolute atomic E-state index is 12.9. The van der Waals surface area contributed by atoms with Crippen LogP contribution >= 0.6 is 11.3 Å². The van der Waals surface area contributed by atoms with E-state index in [-0.39, 0.29) is 5.91 Å². The van der Waals surface area contributed by atoms with Gasteiger partial charge in [-0.1, -0.05) is 12.8 Å². The third kappa shape index (κ3) is 4.14. The molecule has 0 radical (unpaired) electrons. The first-order chi connectivity index (χ1) is 15.6. The normalized spacial score (nSPS) is 17.1. The van der Waals surface area contributed by atoms with E-state index < -0.39 is 0 Å². The van der Waals surface area contributed by atoms with E-state index in [1.165, 1.54) is 24.2 Å². The molecule has 168 valence electrons. The van der Waals surface area contributed by atoms with Crippen LogP contribution in [-0.2, 0) is 0 Å². The fraction of sp³-hybridized carbons (Fsp3) is 0.478. The van der Waals surface area contributed by atoms with Gasteiger partial charge in [-0.2, -0.15) is 0 Å². The van der Waals surface area contributed by atoms with Crippen molar-refractivity contribution in [2.45, 2.75) is 31.6 Å². The molecule has 2 N–H and O–H groups in total. The lowest BCUT2D eigenvalue weighted by molar-refractivity contribution is 0.0831. The molecule has 0 spiro atoms. The van der Waals surface area contributed by atoms with Crippen LogP contribution in [0, 0.1) is 0 Å². The van der Waals surface area contributed by atoms with Crippen molar-refractivity contribution in [1.82, 2.24) is 25.2 Å². The van der Waals surface area contributed by atoms with Crippen LogP contribution in [0.3, 0.4) is 0 Å². The molecule has 3 aromatic heterocycles. The standard InChI is InChI=1S/C23H29N7OS/c1-29(2)22(31)21-19(15-5-3-4-6-15)20-17(32-21)14-26-23(28-20)27-18-8-7-16(13-25-18)30-11-9-24-10-12-30/h7-8,13-15,24H,3-6,9-12H2,1-2H3,(H,25,26,27,28). The number of amides is 1. The smallest absolute Gasteiger partial charge is 0.263 e. The monoisotopic (exact) mass is 451 g/mol. The second-order valence-electron chi connectivity index (χ2n) is 8.70. The highest BCUT2D eigenvalue weighted by Gasteiger charge is 2.29. The number of carbonyl (C=O) groups is 1. The van der Waals surface area contributed by atoms with Crippen molar-refractivity contribution in [2.24, 2.45) is 0 Å². The maximum atomic E-state index is 12.9. The second-order valence-corrected chi connectivity index (χ2v) is 9.75. The van der Waals surface area contributed by atoms with Crippen LogP contribution in [0.15, 0.2) is 24.5 Å². The number of nitrogens with zero attached hydrogens (tertiary/aromatic N) is 5. The van der Waals surface area contributed by atoms with Crippen LogP contribution in [0.4, 0.5) is 17.5 Å². The SMILES string of the molecule is CN(C)C(=O)c1sc2cnc(Nc3ccc(N4CCNCC4)cn3)nc2c1C1CCCC1. The summed E-state index contributed by atoms with van der Waals surface area (Å²) in [7, 11) is 3.61. The molecule has 0 bridgehead atoms. The largest absolute Gasteiger partial charge is 0.368 e. The maximum Gasteiger partial charge on any atom is 0.263 e. The molecule has 9 heteroatoms. The zero-order valence-electron chi connectivity index (χ0n) is 18.6. The van der Waals surface area contributed by atoms with Gasteiger partial charge in [-0.15, -0.1) is 11.3 Å². The van der Waals surface area contributed by atoms with E-state index in [4.69, 9.17) is 4.98 Å². The number of piperazine rings is 1. The lowest BCUT2D eigenvalue weighted by Crippen LogP contribution is -2.43. The van der Waals surface area contributed by atoms with Gasteiger partial charge in [-0.3, -0.25) is 4.79 Å². The lowest BCUT2D eigenvalue weighted by Gasteiger charge is -2.29. The molecule has 32 heavy (non-hydrogen) atoms. The number of fused-ring (bicyclic) bond motifs is 1. The zero-order valence-corrected chi connectivity index (χ0v) is 19.4. The number of pyridine rings is 1. The van der Waals surface area contributed by atoms with E-state index in [9.17, 15) is 4.79 Å². The predicted molar refractivity (Wildman–Crippen MR) is 129 cm³/mol. The number of rotatable bonds is 5. The molecule has 1 aliphatic heterocycles. The molecule has 0 unspecified atom stereocenters. The molecule has 0 atom stereocenters. The number of hydrogen-bond donors (Lipinski definition) is 2. The first kappa shape index (κ1) is 21.1. The van der Waals surface area contributed by atoms with Crippen molar-refractivity contribution in [1.29, 1.82) is 0 Å². The summed E-state index contributed by atoms with van der Waals surface area (Å²) < 4.78 is 0.963. The van der Waals surface area contributed by atoms with Gasteiger partial charge in [-0.25, -0.2) is 15.0 Å². The Balaban J connectivity index is 1.43. The minimum absolute atomic E-state index is 0.0505. The van der Waals surface area contributed by atoms with Crippen LogP contribution in [0.25, 0.3) is 10.2 Å². The molecule has 5 rings (SSSR count). The minimum atomic E-state index is 0.0505. The third-order valence-electron chi connectivity index (χ3n) is 6.30. The summed E-state index contributed by atoms with van der Waals surface area (Å²) in [6.45, 7) is 3.97. The van der Waals surface area contributed by atoms with Gasteiger partial charge in [0.25, 0.3) is 5.91 Å². The summed E-state index contributed by atoms with van der Waals surface area (Å²) >= 11 is 1.51. The van der Waals surface area contributed by atoms with Gasteiger partial charge in [-0.05, 0) is 30.9 Å². The summed E-state index contributed by atoms with van der Waals surface area (Å²) in [6, 6.07) is 4.05. The van der Waals surface area contributed by atoms with E-state index in [1.54, 1.807) is 19.0 Å². The summed E-state index contributed by atoms with van der Waals surface area (Å²) in [6.07, 6.45) is 8.36. The van der Waals surface area contributed by atoms with Gasteiger partial charge in [0.2, 0.25) is 5.95 Å². The predicted octanol–water partition coefficient (Wildman–Crippen LogP) is 3.60. The van der Waals surface area contributed by atoms with Crippen LogP contribution in [-0.4, -0.2) is 66.0 Å². The third-order valence-corrected chi connectivity index (χ3v) is 7.42. The molecule has 0 aromatic carbocycles. The zero-order chi connectivity index (χ0) is 22.1. The number of nitrogens with one attached hydrogen (secondary N) is 2. The van der Waals surface area contributed by atoms with E-state index in [0.717, 1.165) is 65.4 Å². The molecule has 1 amide bonds. The van der Waals surface area contributed by atoms with Crippen LogP contribution in [0.1, 0.15) is 46.8 Å². The van der Waals surface area contributed by atoms with Gasteiger partial charge in [0.1, 0.15) is 5.82 Å². The van der Waals surface area contributed by atoms with Crippen molar-refractivity contribution in [3.63, 3.8) is 0 Å². The summed E-state index contributed by atoms with van der Waals surface area (Å²) in [5.41, 5.74) is 3.14. The van der Waals surface area contributed by atoms with Gasteiger partial charge in [0, 0.05) is 45.8 Å². The molecule has 4 heterocycles. The van der Waals surface area contributed by atoms with Gasteiger partial charge in [0.05, 0.1) is 33.2 Å². The van der Waals surface area contributed by atoms with E-state index in [1.807, 2.05) is 18.5 Å². The van der Waals surface area contributed by atoms with Crippen molar-refractivity contribution in [2.75, 3.05) is 50.5 Å². The molecule has 2 fully saturated rings. The Hall–Kier alpha value is -2.78. The van der Waals surface area contributed by atoms with E-state index in [2.05, 4.69) is 31.6 Å². The van der Waals surface area contributed by atoms with Crippen LogP contribution in [0.2, 0.25) is 0 Å². The highest BCUT2D eigenvalue weighted by molar-refractivity contribution is 7.21. The first-order valence-electron chi connectivity index (χ1n) is 11.3. The summed E-state index contributed by atoms with van der Waals surface area (Å²) in [5, 5.41) is 6.62. The van der Waals surface area contributed by atoms with E-state index >= 15 is 0 Å². The molecular weight excluding hydrogens is 422 g/mol. The van der Waals surface area contributed by atoms with Crippen LogP contribution < -0.4 is 15.5 Å². The Kier molecular flexibility index (Phi) is 5.93. The van der Waals surface area contributed by atoms with Crippen molar-refractivity contribution >= 4 is 44.9 Å².